The number of anilines is 1. The highest BCUT2D eigenvalue weighted by Gasteiger charge is 2.13. The Balaban J connectivity index is 1.48. The second-order valence-electron chi connectivity index (χ2n) is 6.39. The van der Waals surface area contributed by atoms with Crippen molar-refractivity contribution < 1.29 is 18.0 Å². The van der Waals surface area contributed by atoms with Crippen LogP contribution in [0.3, 0.4) is 0 Å². The summed E-state index contributed by atoms with van der Waals surface area (Å²) in [4.78, 5) is 16.7. The van der Waals surface area contributed by atoms with E-state index in [1.165, 1.54) is 6.07 Å². The molecule has 146 valence electrons. The summed E-state index contributed by atoms with van der Waals surface area (Å²) in [5.74, 6) is -1.45. The van der Waals surface area contributed by atoms with Crippen LogP contribution in [0.1, 0.15) is 21.8 Å². The van der Waals surface area contributed by atoms with Crippen LogP contribution in [-0.2, 0) is 6.54 Å². The Hall–Kier alpha value is -3.81. The number of nitrogens with zero attached hydrogens (tertiary/aromatic N) is 3. The Kier molecular flexibility index (Phi) is 4.90. The minimum absolute atomic E-state index is 0.0274. The van der Waals surface area contributed by atoms with Crippen molar-refractivity contribution in [1.82, 2.24) is 14.8 Å². The molecule has 0 bridgehead atoms. The Morgan fingerprint density at radius 1 is 1.14 bits per heavy atom. The lowest BCUT2D eigenvalue weighted by atomic mass is 10.1. The smallest absolute Gasteiger partial charge is 0.255 e. The number of halogens is 2. The molecule has 0 atom stereocenters. The van der Waals surface area contributed by atoms with Gasteiger partial charge in [-0.1, -0.05) is 0 Å². The Morgan fingerprint density at radius 3 is 2.62 bits per heavy atom. The van der Waals surface area contributed by atoms with Crippen molar-refractivity contribution in [3.05, 3.63) is 89.6 Å². The van der Waals surface area contributed by atoms with Crippen LogP contribution in [0.2, 0.25) is 0 Å². The average molecular weight is 394 g/mol. The quantitative estimate of drug-likeness (QED) is 0.544. The van der Waals surface area contributed by atoms with Gasteiger partial charge in [-0.25, -0.2) is 13.8 Å². The highest BCUT2D eigenvalue weighted by Crippen LogP contribution is 2.24. The van der Waals surface area contributed by atoms with Crippen LogP contribution in [0.25, 0.3) is 11.5 Å². The summed E-state index contributed by atoms with van der Waals surface area (Å²) in [6.45, 7) is 2.34. The Labute approximate surface area is 164 Å². The fourth-order valence-electron chi connectivity index (χ4n) is 2.78. The van der Waals surface area contributed by atoms with E-state index in [4.69, 9.17) is 4.42 Å². The zero-order valence-electron chi connectivity index (χ0n) is 15.4. The topological polar surface area (TPSA) is 73.0 Å². The SMILES string of the molecule is Cc1oc(-c2ccc(NC(=O)c3ccc(F)c(F)c3)cc2)nc1Cn1cccn1. The minimum atomic E-state index is -1.07. The molecule has 1 N–H and O–H groups in total. The normalized spacial score (nSPS) is 10.9. The molecular weight excluding hydrogens is 378 g/mol. The Morgan fingerprint density at radius 2 is 1.93 bits per heavy atom. The van der Waals surface area contributed by atoms with Crippen molar-refractivity contribution in [1.29, 1.82) is 0 Å². The van der Waals surface area contributed by atoms with Gasteiger partial charge in [0, 0.05) is 29.2 Å². The molecule has 0 radical (unpaired) electrons. The second kappa shape index (κ2) is 7.67. The summed E-state index contributed by atoms with van der Waals surface area (Å²) in [5.41, 5.74) is 2.05. The number of hydrogen-bond donors (Lipinski definition) is 1. The fourth-order valence-corrected chi connectivity index (χ4v) is 2.78. The number of carbonyl (C=O) groups is 1. The van der Waals surface area contributed by atoms with E-state index in [1.807, 2.05) is 19.2 Å². The molecule has 1 amide bonds. The number of oxazole rings is 1. The molecule has 0 saturated heterocycles. The number of aryl methyl sites for hydroxylation is 1. The maximum absolute atomic E-state index is 13.3. The number of benzene rings is 2. The molecule has 0 aliphatic heterocycles. The van der Waals surface area contributed by atoms with Crippen molar-refractivity contribution in [2.75, 3.05) is 5.32 Å². The summed E-state index contributed by atoms with van der Waals surface area (Å²) in [6.07, 6.45) is 3.54. The summed E-state index contributed by atoms with van der Waals surface area (Å²) in [5, 5.41) is 6.80. The maximum Gasteiger partial charge on any atom is 0.255 e. The third-order valence-electron chi connectivity index (χ3n) is 4.34. The largest absolute Gasteiger partial charge is 0.441 e. The number of aromatic nitrogens is 3. The van der Waals surface area contributed by atoms with Crippen molar-refractivity contribution in [3.63, 3.8) is 0 Å². The van der Waals surface area contributed by atoms with Crippen molar-refractivity contribution in [3.8, 4) is 11.5 Å². The van der Waals surface area contributed by atoms with Crippen LogP contribution >= 0.6 is 0 Å². The van der Waals surface area contributed by atoms with Gasteiger partial charge in [-0.15, -0.1) is 0 Å². The summed E-state index contributed by atoms with van der Waals surface area (Å²) < 4.78 is 33.8. The third-order valence-corrected chi connectivity index (χ3v) is 4.34. The molecule has 29 heavy (non-hydrogen) atoms. The number of nitrogens with one attached hydrogen (secondary N) is 1. The first-order chi connectivity index (χ1) is 14.0. The molecule has 0 unspecified atom stereocenters. The van der Waals surface area contributed by atoms with Crippen LogP contribution in [0.4, 0.5) is 14.5 Å². The monoisotopic (exact) mass is 394 g/mol. The lowest BCUT2D eigenvalue weighted by Gasteiger charge is -2.06. The first-order valence-electron chi connectivity index (χ1n) is 8.80. The molecule has 4 rings (SSSR count). The lowest BCUT2D eigenvalue weighted by molar-refractivity contribution is 0.102. The van der Waals surface area contributed by atoms with Crippen LogP contribution < -0.4 is 5.32 Å². The standard InChI is InChI=1S/C21H16F2N4O2/c1-13-19(12-27-10-2-9-24-27)26-21(29-13)14-3-6-16(7-4-14)25-20(28)15-5-8-17(22)18(23)11-15/h2-11H,12H2,1H3,(H,25,28). The third kappa shape index (κ3) is 4.06. The zero-order chi connectivity index (χ0) is 20.4. The first-order valence-corrected chi connectivity index (χ1v) is 8.80. The molecule has 2 heterocycles. The van der Waals surface area contributed by atoms with Gasteiger partial charge in [-0.05, 0) is 55.5 Å². The molecule has 0 aliphatic carbocycles. The molecule has 2 aromatic carbocycles. The zero-order valence-corrected chi connectivity index (χ0v) is 15.4. The van der Waals surface area contributed by atoms with Gasteiger partial charge in [0.2, 0.25) is 5.89 Å². The van der Waals surface area contributed by atoms with Gasteiger partial charge in [-0.3, -0.25) is 9.48 Å². The van der Waals surface area contributed by atoms with E-state index in [0.717, 1.165) is 23.4 Å². The van der Waals surface area contributed by atoms with Gasteiger partial charge in [0.15, 0.2) is 11.6 Å². The fraction of sp³-hybridized carbons (Fsp3) is 0.0952. The van der Waals surface area contributed by atoms with Crippen LogP contribution in [0.5, 0.6) is 0 Å². The molecular formula is C21H16F2N4O2. The summed E-state index contributed by atoms with van der Waals surface area (Å²) in [7, 11) is 0. The van der Waals surface area contributed by atoms with Gasteiger partial charge in [-0.2, -0.15) is 5.10 Å². The summed E-state index contributed by atoms with van der Waals surface area (Å²) in [6, 6.07) is 11.7. The number of hydrogen-bond acceptors (Lipinski definition) is 4. The lowest BCUT2D eigenvalue weighted by Crippen LogP contribution is -2.12. The molecule has 2 aromatic heterocycles. The highest BCUT2D eigenvalue weighted by atomic mass is 19.2. The van der Waals surface area contributed by atoms with E-state index < -0.39 is 17.5 Å². The van der Waals surface area contributed by atoms with Crippen LogP contribution in [-0.4, -0.2) is 20.7 Å². The molecule has 0 aliphatic rings. The molecule has 0 spiro atoms. The Bertz CT molecular complexity index is 1150. The maximum atomic E-state index is 13.3. The van der Waals surface area contributed by atoms with Gasteiger partial charge >= 0.3 is 0 Å². The second-order valence-corrected chi connectivity index (χ2v) is 6.39. The van der Waals surface area contributed by atoms with Crippen molar-refractivity contribution in [2.45, 2.75) is 13.5 Å². The number of rotatable bonds is 5. The molecule has 8 heteroatoms. The summed E-state index contributed by atoms with van der Waals surface area (Å²) >= 11 is 0. The van der Waals surface area contributed by atoms with Crippen LogP contribution in [0.15, 0.2) is 65.3 Å². The van der Waals surface area contributed by atoms with E-state index in [0.29, 0.717) is 23.9 Å². The molecule has 6 nitrogen and oxygen atoms in total. The first kappa shape index (κ1) is 18.5. The van der Waals surface area contributed by atoms with E-state index in [-0.39, 0.29) is 5.56 Å². The van der Waals surface area contributed by atoms with Crippen molar-refractivity contribution >= 4 is 11.6 Å². The van der Waals surface area contributed by atoms with E-state index >= 15 is 0 Å². The molecule has 0 fully saturated rings. The van der Waals surface area contributed by atoms with Gasteiger partial charge in [0.05, 0.1) is 6.54 Å². The van der Waals surface area contributed by atoms with Gasteiger partial charge < -0.3 is 9.73 Å². The van der Waals surface area contributed by atoms with Gasteiger partial charge in [0.1, 0.15) is 11.5 Å². The van der Waals surface area contributed by atoms with E-state index in [9.17, 15) is 13.6 Å². The number of carbonyl (C=O) groups excluding carboxylic acids is 1. The molecule has 0 saturated carbocycles. The van der Waals surface area contributed by atoms with E-state index in [1.54, 1.807) is 35.1 Å². The van der Waals surface area contributed by atoms with Crippen LogP contribution in [0, 0.1) is 18.6 Å². The molecule has 4 aromatic rings. The van der Waals surface area contributed by atoms with Crippen molar-refractivity contribution in [2.24, 2.45) is 0 Å². The number of amides is 1. The van der Waals surface area contributed by atoms with Gasteiger partial charge in [0.25, 0.3) is 5.91 Å². The predicted molar refractivity (Wildman–Crippen MR) is 102 cm³/mol. The van der Waals surface area contributed by atoms with E-state index in [2.05, 4.69) is 15.4 Å². The highest BCUT2D eigenvalue weighted by molar-refractivity contribution is 6.04. The minimum Gasteiger partial charge on any atom is -0.441 e. The average Bonchev–Trinajstić information content (AvgIpc) is 3.35. The predicted octanol–water partition coefficient (Wildman–Crippen LogP) is 4.43.